The standard InChI is InChI=1S/C18H19N3O5/c22-14(20-8-10-4-3-6-11(10)15(20)17(24)25)9-21-16(23)12-5-1-2-7-13(12)19-18(21)26/h1-2,5,7,10-11,15H,3-4,6,8-9H2,(H,19,26)(H,24,25). The van der Waals surface area contributed by atoms with E-state index in [4.69, 9.17) is 0 Å². The Morgan fingerprint density at radius 2 is 1.96 bits per heavy atom. The molecule has 1 saturated carbocycles. The first-order chi connectivity index (χ1) is 12.5. The molecule has 1 aliphatic heterocycles. The van der Waals surface area contributed by atoms with Gasteiger partial charge in [-0.1, -0.05) is 18.6 Å². The first-order valence-corrected chi connectivity index (χ1v) is 8.71. The molecule has 8 nitrogen and oxygen atoms in total. The molecule has 2 N–H and O–H groups in total. The van der Waals surface area contributed by atoms with Crippen LogP contribution in [-0.4, -0.2) is 44.0 Å². The van der Waals surface area contributed by atoms with Gasteiger partial charge < -0.3 is 15.0 Å². The number of carbonyl (C=O) groups excluding carboxylic acids is 1. The molecule has 1 amide bonds. The summed E-state index contributed by atoms with van der Waals surface area (Å²) in [4.78, 5) is 53.2. The van der Waals surface area contributed by atoms with Gasteiger partial charge in [-0.15, -0.1) is 0 Å². The molecule has 8 heteroatoms. The van der Waals surface area contributed by atoms with E-state index in [2.05, 4.69) is 4.98 Å². The third kappa shape index (κ3) is 2.53. The second kappa shape index (κ2) is 6.12. The van der Waals surface area contributed by atoms with E-state index in [1.54, 1.807) is 24.3 Å². The highest BCUT2D eigenvalue weighted by Crippen LogP contribution is 2.42. The zero-order valence-electron chi connectivity index (χ0n) is 14.1. The first-order valence-electron chi connectivity index (χ1n) is 8.71. The number of aliphatic carboxylic acids is 1. The van der Waals surface area contributed by atoms with Crippen LogP contribution in [0.15, 0.2) is 33.9 Å². The molecule has 0 spiro atoms. The molecule has 3 unspecified atom stereocenters. The molecular formula is C18H19N3O5. The molecule has 2 aliphatic rings. The van der Waals surface area contributed by atoms with Gasteiger partial charge >= 0.3 is 11.7 Å². The molecule has 1 aromatic heterocycles. The summed E-state index contributed by atoms with van der Waals surface area (Å²) in [7, 11) is 0. The zero-order chi connectivity index (χ0) is 18.4. The summed E-state index contributed by atoms with van der Waals surface area (Å²) < 4.78 is 0.845. The van der Waals surface area contributed by atoms with E-state index >= 15 is 0 Å². The fraction of sp³-hybridized carbons (Fsp3) is 0.444. The van der Waals surface area contributed by atoms with Crippen LogP contribution >= 0.6 is 0 Å². The van der Waals surface area contributed by atoms with Crippen molar-refractivity contribution >= 4 is 22.8 Å². The number of likely N-dealkylation sites (tertiary alicyclic amines) is 1. The van der Waals surface area contributed by atoms with Crippen molar-refractivity contribution in [2.45, 2.75) is 31.8 Å². The number of nitrogens with zero attached hydrogens (tertiary/aromatic N) is 2. The number of aromatic amines is 1. The van der Waals surface area contributed by atoms with Crippen molar-refractivity contribution in [1.29, 1.82) is 0 Å². The van der Waals surface area contributed by atoms with Gasteiger partial charge in [0.25, 0.3) is 5.56 Å². The van der Waals surface area contributed by atoms with E-state index in [-0.39, 0.29) is 11.8 Å². The Morgan fingerprint density at radius 3 is 2.73 bits per heavy atom. The molecule has 2 heterocycles. The fourth-order valence-electron chi connectivity index (χ4n) is 4.45. The molecule has 26 heavy (non-hydrogen) atoms. The third-order valence-electron chi connectivity index (χ3n) is 5.65. The summed E-state index contributed by atoms with van der Waals surface area (Å²) >= 11 is 0. The van der Waals surface area contributed by atoms with Gasteiger partial charge in [0.1, 0.15) is 12.6 Å². The molecule has 3 atom stereocenters. The van der Waals surface area contributed by atoms with Crippen molar-refractivity contribution in [2.24, 2.45) is 11.8 Å². The smallest absolute Gasteiger partial charge is 0.329 e. The van der Waals surface area contributed by atoms with Crippen LogP contribution in [0.25, 0.3) is 10.9 Å². The lowest BCUT2D eigenvalue weighted by atomic mass is 9.94. The third-order valence-corrected chi connectivity index (χ3v) is 5.65. The Kier molecular flexibility index (Phi) is 3.90. The molecule has 1 aromatic carbocycles. The van der Waals surface area contributed by atoms with Crippen molar-refractivity contribution < 1.29 is 14.7 Å². The predicted molar refractivity (Wildman–Crippen MR) is 92.8 cm³/mol. The Morgan fingerprint density at radius 1 is 1.19 bits per heavy atom. The summed E-state index contributed by atoms with van der Waals surface area (Å²) in [5, 5.41) is 9.88. The quantitative estimate of drug-likeness (QED) is 0.826. The SMILES string of the molecule is O=C(O)C1C2CCCC2CN1C(=O)Cn1c(=O)[nH]c2ccccc2c1=O. The van der Waals surface area contributed by atoms with Crippen LogP contribution in [0.3, 0.4) is 0 Å². The molecule has 4 rings (SSSR count). The number of carboxylic acid groups (broad SMARTS) is 1. The lowest BCUT2D eigenvalue weighted by molar-refractivity contribution is -0.149. The second-order valence-corrected chi connectivity index (χ2v) is 7.05. The number of para-hydroxylation sites is 1. The fourth-order valence-corrected chi connectivity index (χ4v) is 4.45. The maximum Gasteiger partial charge on any atom is 0.329 e. The highest BCUT2D eigenvalue weighted by Gasteiger charge is 2.49. The van der Waals surface area contributed by atoms with Gasteiger partial charge in [0.15, 0.2) is 0 Å². The van der Waals surface area contributed by atoms with Crippen molar-refractivity contribution in [3.8, 4) is 0 Å². The largest absolute Gasteiger partial charge is 0.480 e. The number of amides is 1. The van der Waals surface area contributed by atoms with Gasteiger partial charge in [-0.3, -0.25) is 14.2 Å². The minimum absolute atomic E-state index is 0.0388. The lowest BCUT2D eigenvalue weighted by Crippen LogP contribution is -2.47. The van der Waals surface area contributed by atoms with E-state index in [0.717, 1.165) is 23.8 Å². The molecule has 2 fully saturated rings. The van der Waals surface area contributed by atoms with Gasteiger partial charge in [-0.25, -0.2) is 9.59 Å². The summed E-state index contributed by atoms with van der Waals surface area (Å²) in [5.74, 6) is -1.38. The van der Waals surface area contributed by atoms with E-state index in [1.165, 1.54) is 4.90 Å². The van der Waals surface area contributed by atoms with Crippen LogP contribution in [0.5, 0.6) is 0 Å². The number of hydrogen-bond acceptors (Lipinski definition) is 4. The van der Waals surface area contributed by atoms with Crippen LogP contribution in [0.4, 0.5) is 0 Å². The molecule has 1 saturated heterocycles. The first kappa shape index (κ1) is 16.6. The maximum absolute atomic E-state index is 12.8. The van der Waals surface area contributed by atoms with Gasteiger partial charge in [0.2, 0.25) is 5.91 Å². The molecule has 2 aromatic rings. The number of fused-ring (bicyclic) bond motifs is 2. The summed E-state index contributed by atoms with van der Waals surface area (Å²) in [6.07, 6.45) is 2.68. The summed E-state index contributed by atoms with van der Waals surface area (Å²) in [5.41, 5.74) is -0.817. The average molecular weight is 357 g/mol. The van der Waals surface area contributed by atoms with Gasteiger partial charge in [-0.05, 0) is 36.8 Å². The van der Waals surface area contributed by atoms with Crippen molar-refractivity contribution in [3.05, 3.63) is 45.1 Å². The van der Waals surface area contributed by atoms with Crippen LogP contribution < -0.4 is 11.2 Å². The number of nitrogens with one attached hydrogen (secondary N) is 1. The Labute approximate surface area is 148 Å². The van der Waals surface area contributed by atoms with E-state index in [1.807, 2.05) is 0 Å². The summed E-state index contributed by atoms with van der Waals surface area (Å²) in [6, 6.07) is 5.70. The van der Waals surface area contributed by atoms with Gasteiger partial charge in [0, 0.05) is 6.54 Å². The minimum Gasteiger partial charge on any atom is -0.480 e. The number of benzene rings is 1. The van der Waals surface area contributed by atoms with Crippen molar-refractivity contribution in [3.63, 3.8) is 0 Å². The number of hydrogen-bond donors (Lipinski definition) is 2. The van der Waals surface area contributed by atoms with Crippen molar-refractivity contribution in [2.75, 3.05) is 6.54 Å². The minimum atomic E-state index is -1.02. The summed E-state index contributed by atoms with van der Waals surface area (Å²) in [6.45, 7) is -0.0804. The van der Waals surface area contributed by atoms with Crippen LogP contribution in [0.1, 0.15) is 19.3 Å². The average Bonchev–Trinajstić information content (AvgIpc) is 3.18. The maximum atomic E-state index is 12.8. The van der Waals surface area contributed by atoms with Gasteiger partial charge in [0.05, 0.1) is 10.9 Å². The van der Waals surface area contributed by atoms with E-state index in [0.29, 0.717) is 17.4 Å². The van der Waals surface area contributed by atoms with E-state index < -0.39 is 35.7 Å². The van der Waals surface area contributed by atoms with Gasteiger partial charge in [-0.2, -0.15) is 0 Å². The number of aromatic nitrogens is 2. The Balaban J connectivity index is 1.66. The monoisotopic (exact) mass is 357 g/mol. The predicted octanol–water partition coefficient (Wildman–Crippen LogP) is 0.401. The zero-order valence-corrected chi connectivity index (χ0v) is 14.1. The lowest BCUT2D eigenvalue weighted by Gasteiger charge is -2.24. The Bertz CT molecular complexity index is 1010. The number of carbonyl (C=O) groups is 2. The molecule has 0 bridgehead atoms. The van der Waals surface area contributed by atoms with Crippen molar-refractivity contribution in [1.82, 2.24) is 14.5 Å². The second-order valence-electron chi connectivity index (χ2n) is 7.05. The molecular weight excluding hydrogens is 338 g/mol. The molecule has 136 valence electrons. The number of rotatable bonds is 3. The molecule has 1 aliphatic carbocycles. The number of carboxylic acids is 1. The number of H-pyrrole nitrogens is 1. The van der Waals surface area contributed by atoms with Crippen LogP contribution in [0.2, 0.25) is 0 Å². The van der Waals surface area contributed by atoms with E-state index in [9.17, 15) is 24.3 Å². The van der Waals surface area contributed by atoms with Crippen LogP contribution in [-0.2, 0) is 16.1 Å². The van der Waals surface area contributed by atoms with Crippen LogP contribution in [0, 0.1) is 11.8 Å². The topological polar surface area (TPSA) is 112 Å². The highest BCUT2D eigenvalue weighted by atomic mass is 16.4. The molecule has 0 radical (unpaired) electrons. The normalized spacial score (nSPS) is 24.8. The Hall–Kier alpha value is -2.90. The highest BCUT2D eigenvalue weighted by molar-refractivity contribution is 5.85.